The predicted octanol–water partition coefficient (Wildman–Crippen LogP) is 3.28. The van der Waals surface area contributed by atoms with Crippen molar-refractivity contribution in [2.45, 2.75) is 59.1 Å². The van der Waals surface area contributed by atoms with Gasteiger partial charge in [-0.3, -0.25) is 0 Å². The molecule has 2 amide bonds. The maximum atomic E-state index is 11.9. The molecule has 1 atom stereocenters. The summed E-state index contributed by atoms with van der Waals surface area (Å²) in [4.78, 5) is 14.4. The summed E-state index contributed by atoms with van der Waals surface area (Å²) in [5.41, 5.74) is 0.346. The molecule has 1 aromatic rings. The Balaban J connectivity index is 2.52. The molecule has 4 nitrogen and oxygen atoms in total. The lowest BCUT2D eigenvalue weighted by molar-refractivity contribution is 0.0349. The van der Waals surface area contributed by atoms with Crippen molar-refractivity contribution in [3.63, 3.8) is 0 Å². The van der Waals surface area contributed by atoms with E-state index in [1.165, 1.54) is 9.75 Å². The highest BCUT2D eigenvalue weighted by molar-refractivity contribution is 7.12. The first kappa shape index (κ1) is 17.0. The fraction of sp³-hybridized carbons (Fsp3) is 0.667. The number of carbonyl (C=O) groups is 1. The lowest BCUT2D eigenvalue weighted by atomic mass is 9.98. The third-order valence-electron chi connectivity index (χ3n) is 3.79. The van der Waals surface area contributed by atoms with Crippen molar-refractivity contribution < 1.29 is 9.90 Å². The molecule has 0 saturated heterocycles. The smallest absolute Gasteiger partial charge is 0.315 e. The van der Waals surface area contributed by atoms with Gasteiger partial charge in [-0.05, 0) is 45.2 Å². The highest BCUT2D eigenvalue weighted by Crippen LogP contribution is 2.26. The monoisotopic (exact) mass is 298 g/mol. The second-order valence-electron chi connectivity index (χ2n) is 5.35. The number of hydrogen-bond acceptors (Lipinski definition) is 3. The molecular formula is C15H26N2O2S. The third kappa shape index (κ3) is 4.49. The van der Waals surface area contributed by atoms with Crippen molar-refractivity contribution >= 4 is 17.4 Å². The van der Waals surface area contributed by atoms with E-state index in [4.69, 9.17) is 0 Å². The van der Waals surface area contributed by atoms with E-state index in [2.05, 4.69) is 30.5 Å². The number of carbonyl (C=O) groups excluding carboxylic acids is 1. The molecule has 0 saturated carbocycles. The van der Waals surface area contributed by atoms with Gasteiger partial charge in [0.25, 0.3) is 0 Å². The molecular weight excluding hydrogens is 272 g/mol. The number of aryl methyl sites for hydroxylation is 2. The van der Waals surface area contributed by atoms with Crippen molar-refractivity contribution in [2.24, 2.45) is 0 Å². The van der Waals surface area contributed by atoms with Crippen LogP contribution in [0.2, 0.25) is 0 Å². The van der Waals surface area contributed by atoms with Crippen LogP contribution in [0.3, 0.4) is 0 Å². The van der Waals surface area contributed by atoms with E-state index < -0.39 is 5.60 Å². The topological polar surface area (TPSA) is 61.4 Å². The van der Waals surface area contributed by atoms with E-state index in [9.17, 15) is 9.90 Å². The molecule has 0 aliphatic carbocycles. The number of hydrogen-bond donors (Lipinski definition) is 3. The molecule has 0 bridgehead atoms. The summed E-state index contributed by atoms with van der Waals surface area (Å²) in [5, 5.41) is 15.8. The highest BCUT2D eigenvalue weighted by atomic mass is 32.1. The first-order valence-electron chi connectivity index (χ1n) is 7.15. The Morgan fingerprint density at radius 1 is 1.40 bits per heavy atom. The second kappa shape index (κ2) is 7.09. The lowest BCUT2D eigenvalue weighted by Gasteiger charge is -2.26. The third-order valence-corrected chi connectivity index (χ3v) is 4.77. The zero-order chi connectivity index (χ0) is 15.3. The van der Waals surface area contributed by atoms with Gasteiger partial charge in [-0.1, -0.05) is 13.8 Å². The molecule has 1 rings (SSSR count). The van der Waals surface area contributed by atoms with E-state index in [1.54, 1.807) is 11.3 Å². The number of rotatable bonds is 6. The lowest BCUT2D eigenvalue weighted by Crippen LogP contribution is -2.46. The second-order valence-corrected chi connectivity index (χ2v) is 6.81. The maximum Gasteiger partial charge on any atom is 0.315 e. The summed E-state index contributed by atoms with van der Waals surface area (Å²) in [7, 11) is 0. The predicted molar refractivity (Wildman–Crippen MR) is 84.3 cm³/mol. The first-order valence-corrected chi connectivity index (χ1v) is 7.96. The summed E-state index contributed by atoms with van der Waals surface area (Å²) in [5.74, 6) is 0. The van der Waals surface area contributed by atoms with E-state index in [-0.39, 0.29) is 18.6 Å². The number of urea groups is 1. The van der Waals surface area contributed by atoms with Gasteiger partial charge in [0, 0.05) is 16.3 Å². The van der Waals surface area contributed by atoms with Crippen LogP contribution >= 0.6 is 11.3 Å². The zero-order valence-corrected chi connectivity index (χ0v) is 13.9. The Kier molecular flexibility index (Phi) is 6.02. The molecule has 114 valence electrons. The molecule has 20 heavy (non-hydrogen) atoms. The SMILES string of the molecule is CCC(O)(CC)CNC(=O)NC(C)c1cc(C)sc1C. The Morgan fingerprint density at radius 3 is 2.45 bits per heavy atom. The van der Waals surface area contributed by atoms with Gasteiger partial charge in [0.2, 0.25) is 0 Å². The molecule has 1 heterocycles. The molecule has 0 aliphatic heterocycles. The van der Waals surface area contributed by atoms with Crippen molar-refractivity contribution in [3.05, 3.63) is 21.4 Å². The van der Waals surface area contributed by atoms with Crippen LogP contribution < -0.4 is 10.6 Å². The summed E-state index contributed by atoms with van der Waals surface area (Å²) in [6.45, 7) is 10.2. The van der Waals surface area contributed by atoms with Crippen LogP contribution in [0, 0.1) is 13.8 Å². The van der Waals surface area contributed by atoms with Gasteiger partial charge < -0.3 is 15.7 Å². The highest BCUT2D eigenvalue weighted by Gasteiger charge is 2.23. The fourth-order valence-corrected chi connectivity index (χ4v) is 3.17. The average molecular weight is 298 g/mol. The van der Waals surface area contributed by atoms with Gasteiger partial charge in [-0.2, -0.15) is 0 Å². The molecule has 0 aromatic carbocycles. The van der Waals surface area contributed by atoms with Crippen LogP contribution in [-0.4, -0.2) is 23.3 Å². The molecule has 3 N–H and O–H groups in total. The molecule has 1 aromatic heterocycles. The Bertz CT molecular complexity index is 453. The van der Waals surface area contributed by atoms with E-state index in [1.807, 2.05) is 20.8 Å². The van der Waals surface area contributed by atoms with Gasteiger partial charge in [-0.15, -0.1) is 11.3 Å². The minimum absolute atomic E-state index is 0.0312. The van der Waals surface area contributed by atoms with Crippen LogP contribution in [-0.2, 0) is 0 Å². The van der Waals surface area contributed by atoms with Gasteiger partial charge >= 0.3 is 6.03 Å². The van der Waals surface area contributed by atoms with Crippen LogP contribution in [0.15, 0.2) is 6.07 Å². The van der Waals surface area contributed by atoms with Gasteiger partial charge in [0.1, 0.15) is 0 Å². The molecule has 0 aliphatic rings. The number of thiophene rings is 1. The van der Waals surface area contributed by atoms with Crippen LogP contribution in [0.4, 0.5) is 4.79 Å². The number of amides is 2. The molecule has 5 heteroatoms. The van der Waals surface area contributed by atoms with E-state index in [0.717, 1.165) is 5.56 Å². The Labute approximate surface area is 125 Å². The molecule has 1 unspecified atom stereocenters. The zero-order valence-electron chi connectivity index (χ0n) is 13.0. The summed E-state index contributed by atoms with van der Waals surface area (Å²) < 4.78 is 0. The molecule has 0 radical (unpaired) electrons. The van der Waals surface area contributed by atoms with E-state index in [0.29, 0.717) is 12.8 Å². The normalized spacial score (nSPS) is 13.1. The van der Waals surface area contributed by atoms with Crippen molar-refractivity contribution in [1.29, 1.82) is 0 Å². The van der Waals surface area contributed by atoms with Gasteiger partial charge in [-0.25, -0.2) is 4.79 Å². The van der Waals surface area contributed by atoms with Gasteiger partial charge in [0.05, 0.1) is 11.6 Å². The van der Waals surface area contributed by atoms with E-state index >= 15 is 0 Å². The Morgan fingerprint density at radius 2 is 2.00 bits per heavy atom. The minimum Gasteiger partial charge on any atom is -0.388 e. The Hall–Kier alpha value is -1.07. The van der Waals surface area contributed by atoms with Crippen LogP contribution in [0.5, 0.6) is 0 Å². The number of nitrogens with one attached hydrogen (secondary N) is 2. The fourth-order valence-electron chi connectivity index (χ4n) is 2.15. The summed E-state index contributed by atoms with van der Waals surface area (Å²) in [6.07, 6.45) is 1.25. The molecule has 0 spiro atoms. The molecule has 0 fully saturated rings. The van der Waals surface area contributed by atoms with Crippen LogP contribution in [0.25, 0.3) is 0 Å². The number of aliphatic hydroxyl groups is 1. The largest absolute Gasteiger partial charge is 0.388 e. The standard InChI is InChI=1S/C15H26N2O2S/c1-6-15(19,7-2)9-16-14(18)17-11(4)13-8-10(3)20-12(13)5/h8,11,19H,6-7,9H2,1-5H3,(H2,16,17,18). The summed E-state index contributed by atoms with van der Waals surface area (Å²) in [6, 6.07) is 1.84. The quantitative estimate of drug-likeness (QED) is 0.755. The van der Waals surface area contributed by atoms with Crippen molar-refractivity contribution in [2.75, 3.05) is 6.54 Å². The van der Waals surface area contributed by atoms with Gasteiger partial charge in [0.15, 0.2) is 0 Å². The maximum absolute atomic E-state index is 11.9. The van der Waals surface area contributed by atoms with Crippen molar-refractivity contribution in [3.8, 4) is 0 Å². The summed E-state index contributed by atoms with van der Waals surface area (Å²) >= 11 is 1.74. The minimum atomic E-state index is -0.810. The van der Waals surface area contributed by atoms with Crippen molar-refractivity contribution in [1.82, 2.24) is 10.6 Å². The van der Waals surface area contributed by atoms with Crippen LogP contribution in [0.1, 0.15) is 55.0 Å². The first-order chi connectivity index (χ1) is 9.31. The average Bonchev–Trinajstić information content (AvgIpc) is 2.75.